The molecule has 2 rings (SSSR count). The van der Waals surface area contributed by atoms with Gasteiger partial charge in [0, 0.05) is 5.02 Å². The van der Waals surface area contributed by atoms with E-state index < -0.39 is 11.7 Å². The van der Waals surface area contributed by atoms with Crippen LogP contribution < -0.4 is 5.73 Å². The zero-order chi connectivity index (χ0) is 12.7. The van der Waals surface area contributed by atoms with Gasteiger partial charge in [0.05, 0.1) is 5.56 Å². The smallest absolute Gasteiger partial charge is 0.330 e. The molecule has 2 N–H and O–H groups in total. The molecule has 0 atom stereocenters. The third kappa shape index (κ3) is 2.43. The van der Waals surface area contributed by atoms with Gasteiger partial charge in [-0.05, 0) is 55.0 Å². The summed E-state index contributed by atoms with van der Waals surface area (Å²) >= 11 is 6.00. The van der Waals surface area contributed by atoms with Crippen molar-refractivity contribution in [2.75, 3.05) is 6.54 Å². The summed E-state index contributed by atoms with van der Waals surface area (Å²) in [6.07, 6.45) is -1.90. The van der Waals surface area contributed by atoms with Gasteiger partial charge < -0.3 is 5.73 Å². The molecular formula is C12H13ClF3N. The predicted octanol–water partition coefficient (Wildman–Crippen LogP) is 3.74. The first-order valence-corrected chi connectivity index (χ1v) is 5.84. The molecular weight excluding hydrogens is 251 g/mol. The Balaban J connectivity index is 2.40. The van der Waals surface area contributed by atoms with Gasteiger partial charge in [-0.3, -0.25) is 0 Å². The molecule has 1 aromatic carbocycles. The van der Waals surface area contributed by atoms with Crippen molar-refractivity contribution in [2.45, 2.75) is 30.9 Å². The number of rotatable bonds is 3. The Morgan fingerprint density at radius 3 is 2.41 bits per heavy atom. The van der Waals surface area contributed by atoms with E-state index in [0.29, 0.717) is 23.6 Å². The second-order valence-corrected chi connectivity index (χ2v) is 4.92. The Labute approximate surface area is 103 Å². The minimum atomic E-state index is -4.32. The highest BCUT2D eigenvalue weighted by atomic mass is 35.5. The van der Waals surface area contributed by atoms with Crippen LogP contribution in [0.3, 0.4) is 0 Å². The van der Waals surface area contributed by atoms with Gasteiger partial charge in [-0.2, -0.15) is 13.2 Å². The molecule has 1 aromatic rings. The van der Waals surface area contributed by atoms with E-state index in [0.717, 1.165) is 18.9 Å². The molecule has 17 heavy (non-hydrogen) atoms. The molecule has 94 valence electrons. The Bertz CT molecular complexity index is 424. The Morgan fingerprint density at radius 1 is 1.29 bits per heavy atom. The normalized spacial score (nSPS) is 18.2. The maximum absolute atomic E-state index is 12.6. The molecule has 1 saturated carbocycles. The molecule has 0 amide bonds. The quantitative estimate of drug-likeness (QED) is 0.883. The van der Waals surface area contributed by atoms with Crippen molar-refractivity contribution < 1.29 is 13.2 Å². The SMILES string of the molecule is NCCC1(c2cc(C(F)(F)F)ccc2Cl)CC1. The van der Waals surface area contributed by atoms with E-state index in [1.807, 2.05) is 0 Å². The summed E-state index contributed by atoms with van der Waals surface area (Å²) in [5, 5.41) is 0.406. The van der Waals surface area contributed by atoms with E-state index in [-0.39, 0.29) is 5.41 Å². The van der Waals surface area contributed by atoms with Crippen molar-refractivity contribution in [2.24, 2.45) is 5.73 Å². The molecule has 1 fully saturated rings. The van der Waals surface area contributed by atoms with Gasteiger partial charge in [0.1, 0.15) is 0 Å². The Morgan fingerprint density at radius 2 is 1.94 bits per heavy atom. The summed E-state index contributed by atoms with van der Waals surface area (Å²) in [6, 6.07) is 3.52. The van der Waals surface area contributed by atoms with Gasteiger partial charge >= 0.3 is 6.18 Å². The molecule has 0 aliphatic heterocycles. The Kier molecular flexibility index (Phi) is 3.12. The summed E-state index contributed by atoms with van der Waals surface area (Å²) in [5.41, 5.74) is 5.24. The van der Waals surface area contributed by atoms with Crippen LogP contribution in [0.4, 0.5) is 13.2 Å². The van der Waals surface area contributed by atoms with Gasteiger partial charge in [0.2, 0.25) is 0 Å². The maximum Gasteiger partial charge on any atom is 0.416 e. The first-order valence-electron chi connectivity index (χ1n) is 5.46. The molecule has 1 nitrogen and oxygen atoms in total. The fraction of sp³-hybridized carbons (Fsp3) is 0.500. The van der Waals surface area contributed by atoms with Crippen LogP contribution in [0.1, 0.15) is 30.4 Å². The lowest BCUT2D eigenvalue weighted by atomic mass is 9.91. The molecule has 0 radical (unpaired) electrons. The molecule has 0 bridgehead atoms. The van der Waals surface area contributed by atoms with Crippen LogP contribution >= 0.6 is 11.6 Å². The first-order chi connectivity index (χ1) is 7.89. The van der Waals surface area contributed by atoms with Crippen molar-refractivity contribution in [1.82, 2.24) is 0 Å². The van der Waals surface area contributed by atoms with E-state index in [1.165, 1.54) is 12.1 Å². The lowest BCUT2D eigenvalue weighted by molar-refractivity contribution is -0.137. The summed E-state index contributed by atoms with van der Waals surface area (Å²) < 4.78 is 37.9. The van der Waals surface area contributed by atoms with E-state index in [1.54, 1.807) is 0 Å². The van der Waals surface area contributed by atoms with Gasteiger partial charge in [0.15, 0.2) is 0 Å². The van der Waals surface area contributed by atoms with Crippen molar-refractivity contribution in [3.05, 3.63) is 34.3 Å². The molecule has 5 heteroatoms. The fourth-order valence-electron chi connectivity index (χ4n) is 2.19. The van der Waals surface area contributed by atoms with E-state index >= 15 is 0 Å². The topological polar surface area (TPSA) is 26.0 Å². The number of halogens is 4. The zero-order valence-electron chi connectivity index (χ0n) is 9.15. The van der Waals surface area contributed by atoms with E-state index in [9.17, 15) is 13.2 Å². The Hall–Kier alpha value is -0.740. The summed E-state index contributed by atoms with van der Waals surface area (Å²) in [6.45, 7) is 0.465. The molecule has 0 aromatic heterocycles. The first kappa shape index (κ1) is 12.7. The average molecular weight is 264 g/mol. The summed E-state index contributed by atoms with van der Waals surface area (Å²) in [7, 11) is 0. The number of hydrogen-bond donors (Lipinski definition) is 1. The minimum Gasteiger partial charge on any atom is -0.330 e. The number of alkyl halides is 3. The molecule has 0 heterocycles. The number of hydrogen-bond acceptors (Lipinski definition) is 1. The molecule has 0 unspecified atom stereocenters. The highest BCUT2D eigenvalue weighted by molar-refractivity contribution is 6.31. The summed E-state index contributed by atoms with van der Waals surface area (Å²) in [4.78, 5) is 0. The van der Waals surface area contributed by atoms with Crippen LogP contribution in [-0.4, -0.2) is 6.54 Å². The van der Waals surface area contributed by atoms with E-state index in [4.69, 9.17) is 17.3 Å². The molecule has 1 aliphatic rings. The van der Waals surface area contributed by atoms with E-state index in [2.05, 4.69) is 0 Å². The van der Waals surface area contributed by atoms with Crippen LogP contribution in [-0.2, 0) is 11.6 Å². The molecule has 1 aliphatic carbocycles. The van der Waals surface area contributed by atoms with Crippen LogP contribution in [0.25, 0.3) is 0 Å². The van der Waals surface area contributed by atoms with Crippen molar-refractivity contribution in [1.29, 1.82) is 0 Å². The lowest BCUT2D eigenvalue weighted by Crippen LogP contribution is -2.15. The third-order valence-electron chi connectivity index (χ3n) is 3.34. The van der Waals surface area contributed by atoms with Crippen LogP contribution in [0.15, 0.2) is 18.2 Å². The zero-order valence-corrected chi connectivity index (χ0v) is 9.91. The summed E-state index contributed by atoms with van der Waals surface area (Å²) in [5.74, 6) is 0. The van der Waals surface area contributed by atoms with Gasteiger partial charge in [-0.25, -0.2) is 0 Å². The van der Waals surface area contributed by atoms with Crippen molar-refractivity contribution >= 4 is 11.6 Å². The maximum atomic E-state index is 12.6. The van der Waals surface area contributed by atoms with Gasteiger partial charge in [-0.1, -0.05) is 11.6 Å². The highest BCUT2D eigenvalue weighted by Crippen LogP contribution is 2.53. The lowest BCUT2D eigenvalue weighted by Gasteiger charge is -2.18. The van der Waals surface area contributed by atoms with Crippen molar-refractivity contribution in [3.63, 3.8) is 0 Å². The fourth-order valence-corrected chi connectivity index (χ4v) is 2.51. The standard InChI is InChI=1S/C12H13ClF3N/c13-10-2-1-8(12(14,15)16)7-9(10)11(3-4-11)5-6-17/h1-2,7H,3-6,17H2. The van der Waals surface area contributed by atoms with Crippen LogP contribution in [0.2, 0.25) is 5.02 Å². The molecule has 0 spiro atoms. The average Bonchev–Trinajstić information content (AvgIpc) is 2.98. The van der Waals surface area contributed by atoms with Crippen molar-refractivity contribution in [3.8, 4) is 0 Å². The largest absolute Gasteiger partial charge is 0.416 e. The number of nitrogens with two attached hydrogens (primary N) is 1. The third-order valence-corrected chi connectivity index (χ3v) is 3.67. The second kappa shape index (κ2) is 4.18. The van der Waals surface area contributed by atoms with Gasteiger partial charge in [-0.15, -0.1) is 0 Å². The number of benzene rings is 1. The van der Waals surface area contributed by atoms with Crippen LogP contribution in [0.5, 0.6) is 0 Å². The second-order valence-electron chi connectivity index (χ2n) is 4.51. The monoisotopic (exact) mass is 263 g/mol. The van der Waals surface area contributed by atoms with Gasteiger partial charge in [0.25, 0.3) is 0 Å². The van der Waals surface area contributed by atoms with Crippen LogP contribution in [0, 0.1) is 0 Å². The molecule has 0 saturated heterocycles. The predicted molar refractivity (Wildman–Crippen MR) is 61.0 cm³/mol. The highest BCUT2D eigenvalue weighted by Gasteiger charge is 2.45. The minimum absolute atomic E-state index is 0.215.